The molecule has 1 aromatic heterocycles. The molecule has 10 heteroatoms. The average Bonchev–Trinajstić information content (AvgIpc) is 2.83. The fraction of sp³-hybridized carbons (Fsp3) is 0.696. The first kappa shape index (κ1) is 25.9. The number of nitrogens with zero attached hydrogens (tertiary/aromatic N) is 3. The van der Waals surface area contributed by atoms with Gasteiger partial charge in [0.15, 0.2) is 0 Å². The van der Waals surface area contributed by atoms with Crippen molar-refractivity contribution in [1.29, 1.82) is 0 Å². The van der Waals surface area contributed by atoms with E-state index in [1.165, 1.54) is 23.0 Å². The van der Waals surface area contributed by atoms with Crippen molar-refractivity contribution in [1.82, 2.24) is 19.5 Å². The van der Waals surface area contributed by atoms with Gasteiger partial charge in [-0.3, -0.25) is 9.59 Å². The van der Waals surface area contributed by atoms with E-state index in [1.54, 1.807) is 11.0 Å². The number of pyridine rings is 1. The van der Waals surface area contributed by atoms with E-state index < -0.39 is 10.0 Å². The Morgan fingerprint density at radius 1 is 1.12 bits per heavy atom. The van der Waals surface area contributed by atoms with E-state index in [4.69, 9.17) is 11.6 Å². The first-order valence-electron chi connectivity index (χ1n) is 12.0. The smallest absolute Gasteiger partial charge is 0.246 e. The van der Waals surface area contributed by atoms with Crippen LogP contribution in [-0.2, 0) is 19.6 Å². The summed E-state index contributed by atoms with van der Waals surface area (Å²) in [4.78, 5) is 31.3. The summed E-state index contributed by atoms with van der Waals surface area (Å²) in [7, 11) is -3.74. The lowest BCUT2D eigenvalue weighted by atomic mass is 9.92. The molecular formula is C23H35ClN4O4S. The van der Waals surface area contributed by atoms with Gasteiger partial charge in [0, 0.05) is 44.8 Å². The minimum absolute atomic E-state index is 0.00368. The highest BCUT2D eigenvalue weighted by Gasteiger charge is 2.36. The number of amides is 2. The van der Waals surface area contributed by atoms with Crippen LogP contribution in [0.15, 0.2) is 23.2 Å². The quantitative estimate of drug-likeness (QED) is 0.416. The lowest BCUT2D eigenvalue weighted by Crippen LogP contribution is -2.49. The van der Waals surface area contributed by atoms with E-state index in [9.17, 15) is 18.0 Å². The molecule has 8 nitrogen and oxygen atoms in total. The highest BCUT2D eigenvalue weighted by atomic mass is 35.5. The van der Waals surface area contributed by atoms with Crippen molar-refractivity contribution in [3.05, 3.63) is 23.5 Å². The van der Waals surface area contributed by atoms with E-state index in [0.717, 1.165) is 32.1 Å². The number of rotatable bonds is 9. The van der Waals surface area contributed by atoms with Crippen LogP contribution in [-0.4, -0.2) is 67.1 Å². The molecule has 0 spiro atoms. The van der Waals surface area contributed by atoms with Crippen molar-refractivity contribution in [2.24, 2.45) is 11.8 Å². The van der Waals surface area contributed by atoms with Crippen molar-refractivity contribution < 1.29 is 18.0 Å². The lowest BCUT2D eigenvalue weighted by molar-refractivity contribution is -0.140. The number of carbonyl (C=O) groups excluding carboxylic acids is 2. The summed E-state index contributed by atoms with van der Waals surface area (Å²) in [6.45, 7) is 4.48. The Hall–Kier alpha value is -1.71. The summed E-state index contributed by atoms with van der Waals surface area (Å²) >= 11 is 5.99. The van der Waals surface area contributed by atoms with Crippen LogP contribution >= 0.6 is 11.6 Å². The van der Waals surface area contributed by atoms with E-state index in [2.05, 4.69) is 17.2 Å². The van der Waals surface area contributed by atoms with E-state index >= 15 is 0 Å². The van der Waals surface area contributed by atoms with Gasteiger partial charge >= 0.3 is 0 Å². The zero-order valence-corrected chi connectivity index (χ0v) is 20.9. The minimum Gasteiger partial charge on any atom is -0.356 e. The summed E-state index contributed by atoms with van der Waals surface area (Å²) in [5.41, 5.74) is 0. The third-order valence-corrected chi connectivity index (χ3v) is 8.92. The predicted molar refractivity (Wildman–Crippen MR) is 127 cm³/mol. The van der Waals surface area contributed by atoms with Crippen LogP contribution in [0.3, 0.4) is 0 Å². The summed E-state index contributed by atoms with van der Waals surface area (Å²) in [6.07, 6.45) is 8.42. The number of halogens is 1. The van der Waals surface area contributed by atoms with Gasteiger partial charge < -0.3 is 10.2 Å². The van der Waals surface area contributed by atoms with Crippen molar-refractivity contribution in [2.45, 2.75) is 63.2 Å². The molecule has 1 unspecified atom stereocenters. The fourth-order valence-corrected chi connectivity index (χ4v) is 6.50. The first-order chi connectivity index (χ1) is 15.8. The number of sulfonamides is 1. The Kier molecular flexibility index (Phi) is 9.52. The molecule has 2 fully saturated rings. The van der Waals surface area contributed by atoms with Crippen LogP contribution in [0.1, 0.15) is 58.3 Å². The highest BCUT2D eigenvalue weighted by Crippen LogP contribution is 2.29. The first-order valence-corrected chi connectivity index (χ1v) is 13.8. The molecular weight excluding hydrogens is 464 g/mol. The second-order valence-electron chi connectivity index (χ2n) is 8.95. The van der Waals surface area contributed by atoms with Gasteiger partial charge in [-0.1, -0.05) is 37.8 Å². The van der Waals surface area contributed by atoms with Gasteiger partial charge in [-0.25, -0.2) is 13.4 Å². The van der Waals surface area contributed by atoms with Gasteiger partial charge in [0.1, 0.15) is 10.0 Å². The maximum absolute atomic E-state index is 13.1. The maximum Gasteiger partial charge on any atom is 0.246 e. The zero-order valence-electron chi connectivity index (χ0n) is 19.3. The number of hydrogen-bond acceptors (Lipinski definition) is 5. The molecule has 2 aliphatic rings. The van der Waals surface area contributed by atoms with Crippen LogP contribution in [0, 0.1) is 11.8 Å². The molecule has 2 amide bonds. The molecule has 0 saturated carbocycles. The number of nitrogens with one attached hydrogen (secondary N) is 1. The molecule has 0 radical (unpaired) electrons. The molecule has 33 heavy (non-hydrogen) atoms. The number of hydrogen-bond donors (Lipinski definition) is 1. The molecule has 1 atom stereocenters. The topological polar surface area (TPSA) is 99.7 Å². The Labute approximate surface area is 202 Å². The Bertz CT molecular complexity index is 919. The van der Waals surface area contributed by atoms with Crippen LogP contribution < -0.4 is 5.32 Å². The Morgan fingerprint density at radius 3 is 2.58 bits per heavy atom. The van der Waals surface area contributed by atoms with Gasteiger partial charge in [-0.15, -0.1) is 0 Å². The van der Waals surface area contributed by atoms with Gasteiger partial charge in [0.05, 0.1) is 5.92 Å². The largest absolute Gasteiger partial charge is 0.356 e. The van der Waals surface area contributed by atoms with E-state index in [1.807, 2.05) is 0 Å². The van der Waals surface area contributed by atoms with Gasteiger partial charge in [0.2, 0.25) is 21.8 Å². The van der Waals surface area contributed by atoms with Crippen molar-refractivity contribution in [3.63, 3.8) is 0 Å². The highest BCUT2D eigenvalue weighted by molar-refractivity contribution is 7.89. The molecule has 0 aromatic carbocycles. The standard InChI is InChI=1S/C23H35ClN4O4S/c1-2-3-4-5-12-26-22(29)19-8-7-14-27(17-19)23(30)18-10-15-28(16-11-18)33(31,32)20-9-6-13-25-21(20)24/h6,9,13,18-19H,2-5,7-8,10-12,14-17H2,1H3,(H,26,29). The average molecular weight is 499 g/mol. The van der Waals surface area contributed by atoms with Gasteiger partial charge in [-0.2, -0.15) is 4.31 Å². The van der Waals surface area contributed by atoms with Crippen molar-refractivity contribution in [2.75, 3.05) is 32.7 Å². The number of unbranched alkanes of at least 4 members (excludes halogenated alkanes) is 3. The zero-order chi connectivity index (χ0) is 23.8. The molecule has 0 aliphatic carbocycles. The normalized spacial score (nSPS) is 20.5. The third kappa shape index (κ3) is 6.67. The third-order valence-electron chi connectivity index (χ3n) is 6.58. The molecule has 3 heterocycles. The summed E-state index contributed by atoms with van der Waals surface area (Å²) in [6, 6.07) is 2.99. The number of likely N-dealkylation sites (tertiary alicyclic amines) is 1. The fourth-order valence-electron chi connectivity index (χ4n) is 4.60. The number of carbonyl (C=O) groups is 2. The van der Waals surface area contributed by atoms with E-state index in [-0.39, 0.29) is 46.8 Å². The molecule has 2 saturated heterocycles. The molecule has 0 bridgehead atoms. The molecule has 1 N–H and O–H groups in total. The maximum atomic E-state index is 13.1. The summed E-state index contributed by atoms with van der Waals surface area (Å²) in [5.74, 6) is -0.316. The van der Waals surface area contributed by atoms with Crippen molar-refractivity contribution >= 4 is 33.4 Å². The van der Waals surface area contributed by atoms with Gasteiger partial charge in [0.25, 0.3) is 0 Å². The SMILES string of the molecule is CCCCCCNC(=O)C1CCCN(C(=O)C2CCN(S(=O)(=O)c3cccnc3Cl)CC2)C1. The van der Waals surface area contributed by atoms with Crippen LogP contribution in [0.4, 0.5) is 0 Å². The minimum atomic E-state index is -3.74. The Morgan fingerprint density at radius 2 is 1.88 bits per heavy atom. The van der Waals surface area contributed by atoms with Crippen LogP contribution in [0.25, 0.3) is 0 Å². The number of aromatic nitrogens is 1. The second-order valence-corrected chi connectivity index (χ2v) is 11.2. The summed E-state index contributed by atoms with van der Waals surface area (Å²) < 4.78 is 27.2. The summed E-state index contributed by atoms with van der Waals surface area (Å²) in [5, 5.41) is 2.98. The van der Waals surface area contributed by atoms with Crippen LogP contribution in [0.5, 0.6) is 0 Å². The predicted octanol–water partition coefficient (Wildman–Crippen LogP) is 3.07. The van der Waals surface area contributed by atoms with E-state index in [0.29, 0.717) is 32.5 Å². The number of piperidine rings is 2. The molecule has 184 valence electrons. The molecule has 1 aromatic rings. The Balaban J connectivity index is 1.50. The second kappa shape index (κ2) is 12.1. The monoisotopic (exact) mass is 498 g/mol. The van der Waals surface area contributed by atoms with Crippen LogP contribution in [0.2, 0.25) is 5.15 Å². The molecule has 2 aliphatic heterocycles. The lowest BCUT2D eigenvalue weighted by Gasteiger charge is -2.37. The molecule has 3 rings (SSSR count). The van der Waals surface area contributed by atoms with Gasteiger partial charge in [-0.05, 0) is 44.2 Å². The van der Waals surface area contributed by atoms with Crippen molar-refractivity contribution in [3.8, 4) is 0 Å².